The minimum atomic E-state index is 0.0701. The second kappa shape index (κ2) is 6.88. The Morgan fingerprint density at radius 3 is 2.50 bits per heavy atom. The van der Waals surface area contributed by atoms with Gasteiger partial charge in [-0.1, -0.05) is 0 Å². The van der Waals surface area contributed by atoms with E-state index in [-0.39, 0.29) is 11.9 Å². The number of rotatable bonds is 5. The van der Waals surface area contributed by atoms with Crippen LogP contribution in [0.5, 0.6) is 5.75 Å². The quantitative estimate of drug-likeness (QED) is 0.708. The lowest BCUT2D eigenvalue weighted by Crippen LogP contribution is -2.33. The van der Waals surface area contributed by atoms with Crippen LogP contribution in [-0.4, -0.2) is 61.0 Å². The van der Waals surface area contributed by atoms with Crippen LogP contribution in [-0.2, 0) is 0 Å². The van der Waals surface area contributed by atoms with Crippen LogP contribution in [0.4, 0.5) is 17.1 Å². The summed E-state index contributed by atoms with van der Waals surface area (Å²) in [4.78, 5) is 6.57. The van der Waals surface area contributed by atoms with E-state index in [1.165, 1.54) is 7.11 Å². The summed E-state index contributed by atoms with van der Waals surface area (Å²) >= 11 is 0. The van der Waals surface area contributed by atoms with E-state index in [9.17, 15) is 0 Å². The van der Waals surface area contributed by atoms with Crippen molar-refractivity contribution in [1.29, 1.82) is 5.41 Å². The van der Waals surface area contributed by atoms with E-state index < -0.39 is 0 Å². The zero-order chi connectivity index (χ0) is 18.0. The van der Waals surface area contributed by atoms with E-state index in [0.29, 0.717) is 35.1 Å². The number of hydrogen-bond donors (Lipinski definition) is 3. The lowest BCUT2D eigenvalue weighted by atomic mass is 10.2. The maximum absolute atomic E-state index is 8.39. The molecule has 0 amide bonds. The number of nitrogens with zero attached hydrogens (tertiary/aromatic N) is 4. The summed E-state index contributed by atoms with van der Waals surface area (Å²) in [5, 5.41) is 14.6. The molecule has 0 atom stereocenters. The van der Waals surface area contributed by atoms with Gasteiger partial charge in [0.1, 0.15) is 17.2 Å². The van der Waals surface area contributed by atoms with Crippen molar-refractivity contribution in [3.05, 3.63) is 12.1 Å². The molecule has 130 valence electrons. The van der Waals surface area contributed by atoms with Crippen molar-refractivity contribution >= 4 is 34.3 Å². The number of nitrogen functional groups attached to an aromatic ring is 2. The SMILES string of the molecule is COc1cc(N=C2C(=N)N(C(C)C)N=C2CN(C)C)c(N)cc1N. The first kappa shape index (κ1) is 17.7. The highest BCUT2D eigenvalue weighted by atomic mass is 16.5. The van der Waals surface area contributed by atoms with Crippen molar-refractivity contribution in [3.8, 4) is 5.75 Å². The average molecular weight is 331 g/mol. The van der Waals surface area contributed by atoms with E-state index in [1.807, 2.05) is 32.8 Å². The summed E-state index contributed by atoms with van der Waals surface area (Å²) < 4.78 is 5.23. The number of methoxy groups -OCH3 is 1. The van der Waals surface area contributed by atoms with Crippen LogP contribution < -0.4 is 16.2 Å². The monoisotopic (exact) mass is 331 g/mol. The van der Waals surface area contributed by atoms with Crippen molar-refractivity contribution in [2.75, 3.05) is 39.2 Å². The maximum Gasteiger partial charge on any atom is 0.169 e. The van der Waals surface area contributed by atoms with Gasteiger partial charge in [0, 0.05) is 18.7 Å². The van der Waals surface area contributed by atoms with Crippen molar-refractivity contribution < 1.29 is 4.74 Å². The Hall–Kier alpha value is -2.61. The molecule has 1 aromatic rings. The number of nitrogens with two attached hydrogens (primary N) is 2. The molecule has 8 nitrogen and oxygen atoms in total. The largest absolute Gasteiger partial charge is 0.495 e. The molecule has 0 saturated heterocycles. The molecule has 0 unspecified atom stereocenters. The van der Waals surface area contributed by atoms with Gasteiger partial charge < -0.3 is 21.1 Å². The predicted octanol–water partition coefficient (Wildman–Crippen LogP) is 1.55. The van der Waals surface area contributed by atoms with Gasteiger partial charge in [-0.25, -0.2) is 10.0 Å². The molecule has 5 N–H and O–H groups in total. The fourth-order valence-corrected chi connectivity index (χ4v) is 2.37. The third-order valence-corrected chi connectivity index (χ3v) is 3.52. The van der Waals surface area contributed by atoms with Crippen LogP contribution in [0.3, 0.4) is 0 Å². The fourth-order valence-electron chi connectivity index (χ4n) is 2.37. The molecule has 0 aromatic heterocycles. The first-order chi connectivity index (χ1) is 11.2. The number of hydrazone groups is 1. The zero-order valence-electron chi connectivity index (χ0n) is 14.8. The highest BCUT2D eigenvalue weighted by Crippen LogP contribution is 2.33. The minimum absolute atomic E-state index is 0.0701. The fraction of sp³-hybridized carbons (Fsp3) is 0.438. The Labute approximate surface area is 142 Å². The van der Waals surface area contributed by atoms with Crippen molar-refractivity contribution in [3.63, 3.8) is 0 Å². The van der Waals surface area contributed by atoms with Gasteiger partial charge in [0.25, 0.3) is 0 Å². The van der Waals surface area contributed by atoms with Crippen LogP contribution in [0.2, 0.25) is 0 Å². The lowest BCUT2D eigenvalue weighted by Gasteiger charge is -2.17. The summed E-state index contributed by atoms with van der Waals surface area (Å²) in [6, 6.07) is 3.36. The smallest absolute Gasteiger partial charge is 0.169 e. The molecule has 24 heavy (non-hydrogen) atoms. The summed E-state index contributed by atoms with van der Waals surface area (Å²) in [6.45, 7) is 4.54. The Morgan fingerprint density at radius 1 is 1.29 bits per heavy atom. The molecular formula is C16H25N7O. The average Bonchev–Trinajstić information content (AvgIpc) is 2.78. The van der Waals surface area contributed by atoms with Gasteiger partial charge >= 0.3 is 0 Å². The standard InChI is InChI=1S/C16H25N7O/c1-9(2)23-16(19)15(13(21-23)8-22(3)4)20-12-7-14(24-5)11(18)6-10(12)17/h6-7,9,19H,8,17-18H2,1-5H3. The molecule has 1 aliphatic heterocycles. The van der Waals surface area contributed by atoms with E-state index >= 15 is 0 Å². The van der Waals surface area contributed by atoms with Gasteiger partial charge in [-0.15, -0.1) is 0 Å². The summed E-state index contributed by atoms with van der Waals surface area (Å²) in [5.41, 5.74) is 14.5. The van der Waals surface area contributed by atoms with Gasteiger partial charge in [-0.2, -0.15) is 5.10 Å². The van der Waals surface area contributed by atoms with Gasteiger partial charge in [-0.3, -0.25) is 5.41 Å². The first-order valence-corrected chi connectivity index (χ1v) is 7.67. The molecule has 0 radical (unpaired) electrons. The Morgan fingerprint density at radius 2 is 1.96 bits per heavy atom. The second-order valence-corrected chi connectivity index (χ2v) is 6.18. The number of hydrogen-bond acceptors (Lipinski definition) is 7. The van der Waals surface area contributed by atoms with Gasteiger partial charge in [-0.05, 0) is 34.0 Å². The predicted molar refractivity (Wildman–Crippen MR) is 99.6 cm³/mol. The van der Waals surface area contributed by atoms with Crippen LogP contribution in [0.1, 0.15) is 13.8 Å². The van der Waals surface area contributed by atoms with E-state index in [0.717, 1.165) is 5.71 Å². The number of ether oxygens (including phenoxy) is 1. The number of nitrogens with one attached hydrogen (secondary N) is 1. The van der Waals surface area contributed by atoms with Crippen LogP contribution in [0, 0.1) is 5.41 Å². The molecule has 1 heterocycles. The third kappa shape index (κ3) is 3.48. The highest BCUT2D eigenvalue weighted by Gasteiger charge is 2.30. The Bertz CT molecular complexity index is 707. The summed E-state index contributed by atoms with van der Waals surface area (Å²) in [6.07, 6.45) is 0. The van der Waals surface area contributed by atoms with Crippen molar-refractivity contribution in [1.82, 2.24) is 9.91 Å². The van der Waals surface area contributed by atoms with Gasteiger partial charge in [0.2, 0.25) is 0 Å². The minimum Gasteiger partial charge on any atom is -0.495 e. The summed E-state index contributed by atoms with van der Waals surface area (Å²) in [5.74, 6) is 0.761. The molecule has 0 fully saturated rings. The molecule has 2 rings (SSSR count). The van der Waals surface area contributed by atoms with Crippen LogP contribution in [0.25, 0.3) is 0 Å². The van der Waals surface area contributed by atoms with Crippen LogP contribution in [0.15, 0.2) is 22.2 Å². The van der Waals surface area contributed by atoms with Crippen molar-refractivity contribution in [2.24, 2.45) is 10.1 Å². The topological polar surface area (TPSA) is 116 Å². The molecule has 0 spiro atoms. The molecule has 8 heteroatoms. The Balaban J connectivity index is 2.50. The molecule has 0 bridgehead atoms. The molecule has 0 aliphatic carbocycles. The van der Waals surface area contributed by atoms with E-state index in [2.05, 4.69) is 10.1 Å². The number of benzene rings is 1. The Kier molecular flexibility index (Phi) is 5.08. The molecule has 0 saturated carbocycles. The normalized spacial score (nSPS) is 16.5. The summed E-state index contributed by atoms with van der Waals surface area (Å²) in [7, 11) is 5.43. The maximum atomic E-state index is 8.39. The van der Waals surface area contributed by atoms with Crippen LogP contribution >= 0.6 is 0 Å². The second-order valence-electron chi connectivity index (χ2n) is 6.18. The zero-order valence-corrected chi connectivity index (χ0v) is 14.8. The lowest BCUT2D eigenvalue weighted by molar-refractivity contribution is 0.373. The number of anilines is 2. The van der Waals surface area contributed by atoms with E-state index in [1.54, 1.807) is 17.1 Å². The van der Waals surface area contributed by atoms with Crippen molar-refractivity contribution in [2.45, 2.75) is 19.9 Å². The van der Waals surface area contributed by atoms with Gasteiger partial charge in [0.05, 0.1) is 24.2 Å². The molecule has 1 aliphatic rings. The van der Waals surface area contributed by atoms with Gasteiger partial charge in [0.15, 0.2) is 5.84 Å². The molecular weight excluding hydrogens is 306 g/mol. The third-order valence-electron chi connectivity index (χ3n) is 3.52. The highest BCUT2D eigenvalue weighted by molar-refractivity contribution is 6.70. The molecule has 1 aromatic carbocycles. The number of amidine groups is 1. The number of aliphatic imine (C=N–C) groups is 1. The van der Waals surface area contributed by atoms with E-state index in [4.69, 9.17) is 21.6 Å². The first-order valence-electron chi connectivity index (χ1n) is 7.67.